The van der Waals surface area contributed by atoms with Crippen LogP contribution in [-0.4, -0.2) is 10.9 Å². The molecule has 0 fully saturated rings. The zero-order valence-electron chi connectivity index (χ0n) is 9.95. The number of aryl methyl sites for hydroxylation is 2. The predicted molar refractivity (Wildman–Crippen MR) is 70.4 cm³/mol. The van der Waals surface area contributed by atoms with Gasteiger partial charge in [-0.25, -0.2) is 9.37 Å². The molecule has 6 heteroatoms. The number of para-hydroxylation sites is 1. The summed E-state index contributed by atoms with van der Waals surface area (Å²) in [6.45, 7) is 3.78. The maximum atomic E-state index is 13.2. The Kier molecular flexibility index (Phi) is 3.29. The van der Waals surface area contributed by atoms with E-state index in [4.69, 9.17) is 5.73 Å². The second-order valence-electron chi connectivity index (χ2n) is 3.82. The molecule has 1 aromatic carbocycles. The van der Waals surface area contributed by atoms with Crippen molar-refractivity contribution in [1.82, 2.24) is 4.98 Å². The zero-order valence-corrected chi connectivity index (χ0v) is 10.8. The van der Waals surface area contributed by atoms with E-state index in [1.165, 1.54) is 29.5 Å². The lowest BCUT2D eigenvalue weighted by Crippen LogP contribution is -2.14. The highest BCUT2D eigenvalue weighted by molar-refractivity contribution is 7.15. The van der Waals surface area contributed by atoms with Crippen LogP contribution in [0.3, 0.4) is 0 Å². The Balaban J connectivity index is 2.24. The van der Waals surface area contributed by atoms with E-state index >= 15 is 0 Å². The fourth-order valence-electron chi connectivity index (χ4n) is 1.43. The molecule has 0 radical (unpaired) electrons. The first kappa shape index (κ1) is 12.5. The second-order valence-corrected chi connectivity index (χ2v) is 5.02. The molecule has 0 unspecified atom stereocenters. The van der Waals surface area contributed by atoms with Crippen LogP contribution >= 0.6 is 11.3 Å². The van der Waals surface area contributed by atoms with Gasteiger partial charge in [-0.3, -0.25) is 10.1 Å². The van der Waals surface area contributed by atoms with Gasteiger partial charge in [0.25, 0.3) is 5.91 Å². The minimum absolute atomic E-state index is 0.112. The van der Waals surface area contributed by atoms with Crippen molar-refractivity contribution in [3.63, 3.8) is 0 Å². The Morgan fingerprint density at radius 2 is 2.17 bits per heavy atom. The minimum Gasteiger partial charge on any atom is -0.396 e. The first-order valence-electron chi connectivity index (χ1n) is 5.28. The third-order valence-electron chi connectivity index (χ3n) is 2.55. The summed E-state index contributed by atoms with van der Waals surface area (Å²) in [6, 6.07) is 4.13. The van der Waals surface area contributed by atoms with Gasteiger partial charge in [0.05, 0.1) is 16.9 Å². The molecule has 18 heavy (non-hydrogen) atoms. The standard InChI is InChI=1S/C12H12FN3OS/c1-6-7(2)18-12(15-6)16-11(17)8-4-3-5-9(13)10(8)14/h3-5H,14H2,1-2H3,(H,15,16,17). The van der Waals surface area contributed by atoms with Gasteiger partial charge in [0, 0.05) is 4.88 Å². The van der Waals surface area contributed by atoms with Crippen LogP contribution in [0.15, 0.2) is 18.2 Å². The van der Waals surface area contributed by atoms with E-state index in [9.17, 15) is 9.18 Å². The first-order chi connectivity index (χ1) is 8.49. The molecular formula is C12H12FN3OS. The third kappa shape index (κ3) is 2.33. The Morgan fingerprint density at radius 1 is 1.44 bits per heavy atom. The SMILES string of the molecule is Cc1nc(NC(=O)c2cccc(F)c2N)sc1C. The summed E-state index contributed by atoms with van der Waals surface area (Å²) in [7, 11) is 0. The highest BCUT2D eigenvalue weighted by atomic mass is 32.1. The van der Waals surface area contributed by atoms with Crippen molar-refractivity contribution < 1.29 is 9.18 Å². The highest BCUT2D eigenvalue weighted by Crippen LogP contribution is 2.23. The van der Waals surface area contributed by atoms with Crippen molar-refractivity contribution in [2.24, 2.45) is 0 Å². The number of nitrogens with one attached hydrogen (secondary N) is 1. The summed E-state index contributed by atoms with van der Waals surface area (Å²) in [5.41, 5.74) is 6.34. The average Bonchev–Trinajstić information content (AvgIpc) is 2.61. The van der Waals surface area contributed by atoms with Gasteiger partial charge in [-0.05, 0) is 26.0 Å². The molecule has 0 aliphatic heterocycles. The van der Waals surface area contributed by atoms with E-state index in [0.29, 0.717) is 5.13 Å². The maximum absolute atomic E-state index is 13.2. The van der Waals surface area contributed by atoms with Crippen molar-refractivity contribution in [2.45, 2.75) is 13.8 Å². The summed E-state index contributed by atoms with van der Waals surface area (Å²) < 4.78 is 13.2. The molecule has 2 aromatic rings. The van der Waals surface area contributed by atoms with Gasteiger partial charge in [0.15, 0.2) is 5.13 Å². The van der Waals surface area contributed by atoms with Crippen LogP contribution in [-0.2, 0) is 0 Å². The molecule has 94 valence electrons. The van der Waals surface area contributed by atoms with Crippen LogP contribution in [0.25, 0.3) is 0 Å². The van der Waals surface area contributed by atoms with Crippen molar-refractivity contribution in [3.05, 3.63) is 40.2 Å². The van der Waals surface area contributed by atoms with Crippen LogP contribution in [0, 0.1) is 19.7 Å². The minimum atomic E-state index is -0.603. The number of carbonyl (C=O) groups excluding carboxylic acids is 1. The lowest BCUT2D eigenvalue weighted by atomic mass is 10.1. The van der Waals surface area contributed by atoms with Crippen LogP contribution in [0.1, 0.15) is 20.9 Å². The number of anilines is 2. The van der Waals surface area contributed by atoms with Crippen molar-refractivity contribution >= 4 is 28.1 Å². The number of carbonyl (C=O) groups is 1. The number of hydrogen-bond donors (Lipinski definition) is 2. The number of nitrogens with two attached hydrogens (primary N) is 1. The Bertz CT molecular complexity index is 590. The number of amides is 1. The molecule has 2 rings (SSSR count). The summed E-state index contributed by atoms with van der Waals surface area (Å²) in [5.74, 6) is -1.06. The molecule has 1 heterocycles. The monoisotopic (exact) mass is 265 g/mol. The molecule has 0 aliphatic carbocycles. The van der Waals surface area contributed by atoms with Gasteiger partial charge in [-0.2, -0.15) is 0 Å². The van der Waals surface area contributed by atoms with Gasteiger partial charge in [0.2, 0.25) is 0 Å². The van der Waals surface area contributed by atoms with Gasteiger partial charge in [-0.15, -0.1) is 11.3 Å². The van der Waals surface area contributed by atoms with Crippen molar-refractivity contribution in [1.29, 1.82) is 0 Å². The van der Waals surface area contributed by atoms with Gasteiger partial charge >= 0.3 is 0 Å². The van der Waals surface area contributed by atoms with Crippen LogP contribution in [0.2, 0.25) is 0 Å². The molecule has 0 aliphatic rings. The second kappa shape index (κ2) is 4.73. The van der Waals surface area contributed by atoms with Crippen molar-refractivity contribution in [2.75, 3.05) is 11.1 Å². The van der Waals surface area contributed by atoms with E-state index in [-0.39, 0.29) is 11.3 Å². The number of thiazole rings is 1. The number of aromatic nitrogens is 1. The number of hydrogen-bond acceptors (Lipinski definition) is 4. The fraction of sp³-hybridized carbons (Fsp3) is 0.167. The van der Waals surface area contributed by atoms with Crippen molar-refractivity contribution in [3.8, 4) is 0 Å². The summed E-state index contributed by atoms with van der Waals surface area (Å²) in [4.78, 5) is 17.1. The van der Waals surface area contributed by atoms with Crippen LogP contribution in [0.5, 0.6) is 0 Å². The summed E-state index contributed by atoms with van der Waals surface area (Å²) >= 11 is 1.37. The number of halogens is 1. The quantitative estimate of drug-likeness (QED) is 0.820. The topological polar surface area (TPSA) is 68.0 Å². The molecule has 0 spiro atoms. The number of benzene rings is 1. The van der Waals surface area contributed by atoms with Gasteiger partial charge in [0.1, 0.15) is 5.82 Å². The molecule has 1 amide bonds. The van der Waals surface area contributed by atoms with E-state index in [1.807, 2.05) is 13.8 Å². The van der Waals surface area contributed by atoms with Crippen LogP contribution < -0.4 is 11.1 Å². The first-order valence-corrected chi connectivity index (χ1v) is 6.10. The average molecular weight is 265 g/mol. The third-order valence-corrected chi connectivity index (χ3v) is 3.53. The lowest BCUT2D eigenvalue weighted by molar-refractivity contribution is 0.102. The number of nitrogens with zero attached hydrogens (tertiary/aromatic N) is 1. The normalized spacial score (nSPS) is 10.4. The molecule has 3 N–H and O–H groups in total. The van der Waals surface area contributed by atoms with Crippen LogP contribution in [0.4, 0.5) is 15.2 Å². The van der Waals surface area contributed by atoms with E-state index < -0.39 is 11.7 Å². The molecule has 1 aromatic heterocycles. The Morgan fingerprint density at radius 3 is 2.78 bits per heavy atom. The van der Waals surface area contributed by atoms with E-state index in [1.54, 1.807) is 0 Å². The zero-order chi connectivity index (χ0) is 13.3. The molecule has 0 saturated heterocycles. The summed E-state index contributed by atoms with van der Waals surface area (Å²) in [5, 5.41) is 3.09. The van der Waals surface area contributed by atoms with Gasteiger partial charge < -0.3 is 5.73 Å². The lowest BCUT2D eigenvalue weighted by Gasteiger charge is -2.05. The Labute approximate surface area is 108 Å². The molecule has 4 nitrogen and oxygen atoms in total. The van der Waals surface area contributed by atoms with Gasteiger partial charge in [-0.1, -0.05) is 6.07 Å². The molecule has 0 saturated carbocycles. The molecule has 0 bridgehead atoms. The predicted octanol–water partition coefficient (Wildman–Crippen LogP) is 2.73. The van der Waals surface area contributed by atoms with E-state index in [0.717, 1.165) is 10.6 Å². The highest BCUT2D eigenvalue weighted by Gasteiger charge is 2.14. The fourth-order valence-corrected chi connectivity index (χ4v) is 2.24. The number of rotatable bonds is 2. The smallest absolute Gasteiger partial charge is 0.259 e. The Hall–Kier alpha value is -1.95. The molecular weight excluding hydrogens is 253 g/mol. The maximum Gasteiger partial charge on any atom is 0.259 e. The largest absolute Gasteiger partial charge is 0.396 e. The number of nitrogen functional groups attached to an aromatic ring is 1. The summed E-state index contributed by atoms with van der Waals surface area (Å²) in [6.07, 6.45) is 0. The molecule has 0 atom stereocenters. The van der Waals surface area contributed by atoms with E-state index in [2.05, 4.69) is 10.3 Å².